The first-order valence-corrected chi connectivity index (χ1v) is 4.17. The fourth-order valence-electron chi connectivity index (χ4n) is 1.06. The van der Waals surface area contributed by atoms with Crippen LogP contribution in [0.15, 0.2) is 0 Å². The number of rotatable bonds is 1. The van der Waals surface area contributed by atoms with Crippen molar-refractivity contribution < 1.29 is 14.1 Å². The molecule has 0 spiro atoms. The van der Waals surface area contributed by atoms with Crippen LogP contribution in [0.1, 0.15) is 26.7 Å². The van der Waals surface area contributed by atoms with Crippen molar-refractivity contribution in [3.63, 3.8) is 0 Å². The molecule has 1 rings (SSSR count). The number of amides is 1. The minimum absolute atomic E-state index is 0.285. The van der Waals surface area contributed by atoms with Crippen LogP contribution in [0, 0.1) is 6.92 Å². The van der Waals surface area contributed by atoms with Gasteiger partial charge in [-0.3, -0.25) is 0 Å². The first-order valence-electron chi connectivity index (χ1n) is 4.17. The van der Waals surface area contributed by atoms with Gasteiger partial charge < -0.3 is 4.74 Å². The van der Waals surface area contributed by atoms with Crippen LogP contribution < -0.4 is 0 Å². The molecule has 0 saturated heterocycles. The zero-order valence-corrected chi connectivity index (χ0v) is 7.67. The van der Waals surface area contributed by atoms with E-state index in [4.69, 9.17) is 4.74 Å². The molecule has 0 aliphatic carbocycles. The lowest BCUT2D eigenvalue weighted by molar-refractivity contribution is -0.437. The second-order valence-electron chi connectivity index (χ2n) is 3.65. The summed E-state index contributed by atoms with van der Waals surface area (Å²) in [6.45, 7) is 8.00. The van der Waals surface area contributed by atoms with Gasteiger partial charge in [0.15, 0.2) is 12.8 Å². The summed E-state index contributed by atoms with van der Waals surface area (Å²) in [4.78, 5) is 11.3. The summed E-state index contributed by atoms with van der Waals surface area (Å²) in [6.07, 6.45) is 3.58. The second kappa shape index (κ2) is 3.17. The van der Waals surface area contributed by atoms with Gasteiger partial charge in [-0.05, 0) is 0 Å². The number of hydrogen-bond acceptors (Lipinski definition) is 2. The molecule has 66 valence electrons. The van der Waals surface area contributed by atoms with E-state index in [2.05, 4.69) is 6.92 Å². The summed E-state index contributed by atoms with van der Waals surface area (Å²) in [5.41, 5.74) is -0.631. The molecule has 0 aromatic rings. The topological polar surface area (TPSA) is 29.3 Å². The summed E-state index contributed by atoms with van der Waals surface area (Å²) in [7, 11) is 0. The Morgan fingerprint density at radius 2 is 2.33 bits per heavy atom. The Labute approximate surface area is 73.0 Å². The van der Waals surface area contributed by atoms with Crippen LogP contribution in [0.25, 0.3) is 0 Å². The Morgan fingerprint density at radius 1 is 1.67 bits per heavy atom. The lowest BCUT2D eigenvalue weighted by Gasteiger charge is -2.08. The van der Waals surface area contributed by atoms with E-state index < -0.39 is 5.60 Å². The Kier molecular flexibility index (Phi) is 2.40. The number of carbonyl (C=O) groups excluding carboxylic acids is 1. The number of hydrogen-bond donors (Lipinski definition) is 0. The van der Waals surface area contributed by atoms with Crippen LogP contribution in [-0.2, 0) is 4.74 Å². The van der Waals surface area contributed by atoms with E-state index in [9.17, 15) is 4.79 Å². The van der Waals surface area contributed by atoms with Crippen molar-refractivity contribution in [3.8, 4) is 0 Å². The van der Waals surface area contributed by atoms with Crippen molar-refractivity contribution in [1.82, 2.24) is 0 Å². The van der Waals surface area contributed by atoms with Crippen molar-refractivity contribution in [1.29, 1.82) is 0 Å². The number of ether oxygens (including phenoxy) is 1. The Hall–Kier alpha value is -0.990. The molecule has 1 aliphatic rings. The maximum Gasteiger partial charge on any atom is 0.599 e. The second-order valence-corrected chi connectivity index (χ2v) is 3.65. The molecule has 1 heterocycles. The molecule has 0 N–H and O–H groups in total. The van der Waals surface area contributed by atoms with Crippen molar-refractivity contribution >= 4 is 12.3 Å². The Bertz CT molecular complexity index is 213. The molecule has 0 saturated carbocycles. The smallest absolute Gasteiger partial charge is 0.365 e. The number of nitrogens with zero attached hydrogens (tertiary/aromatic N) is 1. The zero-order valence-electron chi connectivity index (χ0n) is 7.67. The molecule has 0 aromatic carbocycles. The molecule has 3 nitrogen and oxygen atoms in total. The van der Waals surface area contributed by atoms with Gasteiger partial charge >= 0.3 is 6.09 Å². The van der Waals surface area contributed by atoms with E-state index in [1.807, 2.05) is 6.21 Å². The van der Waals surface area contributed by atoms with Crippen molar-refractivity contribution in [2.24, 2.45) is 0 Å². The lowest BCUT2D eigenvalue weighted by Crippen LogP contribution is -2.30. The maximum atomic E-state index is 11.3. The van der Waals surface area contributed by atoms with Crippen LogP contribution in [-0.4, -0.2) is 29.0 Å². The van der Waals surface area contributed by atoms with E-state index in [1.54, 1.807) is 18.4 Å². The summed E-state index contributed by atoms with van der Waals surface area (Å²) >= 11 is 0. The van der Waals surface area contributed by atoms with Gasteiger partial charge in [-0.2, -0.15) is 4.79 Å². The minimum Gasteiger partial charge on any atom is -0.365 e. The quantitative estimate of drug-likeness (QED) is 0.441. The van der Waals surface area contributed by atoms with Crippen molar-refractivity contribution in [2.45, 2.75) is 32.3 Å². The zero-order chi connectivity index (χ0) is 9.19. The summed E-state index contributed by atoms with van der Waals surface area (Å²) in [6, 6.07) is 0. The molecule has 0 bridgehead atoms. The van der Waals surface area contributed by atoms with Gasteiger partial charge in [-0.1, -0.05) is 0 Å². The van der Waals surface area contributed by atoms with Crippen LogP contribution in [0.5, 0.6) is 0 Å². The summed E-state index contributed by atoms with van der Waals surface area (Å²) in [5.74, 6) is 0. The first-order chi connectivity index (χ1) is 5.49. The molecule has 0 fully saturated rings. The molecule has 3 heteroatoms. The van der Waals surface area contributed by atoms with Gasteiger partial charge in [0.25, 0.3) is 0 Å². The lowest BCUT2D eigenvalue weighted by atomic mass is 10.2. The SMILES string of the molecule is [CH2+]C(C)(C)OC(=O)[N+]1=CCCC1. The monoisotopic (exact) mass is 169 g/mol. The van der Waals surface area contributed by atoms with Crippen molar-refractivity contribution in [3.05, 3.63) is 6.92 Å². The van der Waals surface area contributed by atoms with E-state index in [1.165, 1.54) is 0 Å². The molecule has 0 aromatic heterocycles. The molecule has 1 aliphatic heterocycles. The third-order valence-corrected chi connectivity index (χ3v) is 1.55. The van der Waals surface area contributed by atoms with Gasteiger partial charge in [0.2, 0.25) is 5.60 Å². The van der Waals surface area contributed by atoms with E-state index >= 15 is 0 Å². The first kappa shape index (κ1) is 9.10. The molecular formula is C9H15NO2+2. The van der Waals surface area contributed by atoms with Gasteiger partial charge in [0, 0.05) is 26.7 Å². The predicted octanol–water partition coefficient (Wildman–Crippen LogP) is 1.61. The fourth-order valence-corrected chi connectivity index (χ4v) is 1.06. The van der Waals surface area contributed by atoms with Crippen LogP contribution in [0.4, 0.5) is 4.79 Å². The molecule has 0 atom stereocenters. The molecule has 12 heavy (non-hydrogen) atoms. The van der Waals surface area contributed by atoms with Crippen LogP contribution in [0.2, 0.25) is 0 Å². The third kappa shape index (κ3) is 2.57. The highest BCUT2D eigenvalue weighted by Crippen LogP contribution is 2.09. The highest BCUT2D eigenvalue weighted by molar-refractivity contribution is 5.67. The Balaban J connectivity index is 2.49. The fraction of sp³-hybridized carbons (Fsp3) is 0.667. The van der Waals surface area contributed by atoms with Gasteiger partial charge in [-0.25, -0.2) is 0 Å². The average molecular weight is 169 g/mol. The summed E-state index contributed by atoms with van der Waals surface area (Å²) in [5, 5.41) is 0. The highest BCUT2D eigenvalue weighted by Gasteiger charge is 2.31. The van der Waals surface area contributed by atoms with E-state index in [-0.39, 0.29) is 6.09 Å². The largest absolute Gasteiger partial charge is 0.599 e. The Morgan fingerprint density at radius 3 is 2.75 bits per heavy atom. The normalized spacial score (nSPS) is 17.3. The van der Waals surface area contributed by atoms with Gasteiger partial charge in [0.1, 0.15) is 6.92 Å². The minimum atomic E-state index is -0.631. The average Bonchev–Trinajstić information content (AvgIpc) is 2.32. The molecule has 0 radical (unpaired) electrons. The third-order valence-electron chi connectivity index (χ3n) is 1.55. The summed E-state index contributed by atoms with van der Waals surface area (Å²) < 4.78 is 6.67. The number of carbonyl (C=O) groups is 1. The van der Waals surface area contributed by atoms with Gasteiger partial charge in [0.05, 0.1) is 0 Å². The molecular weight excluding hydrogens is 154 g/mol. The van der Waals surface area contributed by atoms with Gasteiger partial charge in [-0.15, -0.1) is 4.58 Å². The molecule has 1 amide bonds. The van der Waals surface area contributed by atoms with Crippen molar-refractivity contribution in [2.75, 3.05) is 6.54 Å². The van der Waals surface area contributed by atoms with E-state index in [0.29, 0.717) is 0 Å². The highest BCUT2D eigenvalue weighted by atomic mass is 16.6. The molecule has 0 unspecified atom stereocenters. The predicted molar refractivity (Wildman–Crippen MR) is 46.3 cm³/mol. The maximum absolute atomic E-state index is 11.3. The van der Waals surface area contributed by atoms with E-state index in [0.717, 1.165) is 19.4 Å². The van der Waals surface area contributed by atoms with Crippen LogP contribution >= 0.6 is 0 Å². The standard InChI is InChI=1S/C9H15NO2/c1-9(2,3)12-8(11)10-6-4-5-7-10/h6H,1,4-5,7H2,2-3H3/q+2. The van der Waals surface area contributed by atoms with Crippen LogP contribution in [0.3, 0.4) is 0 Å².